The highest BCUT2D eigenvalue weighted by Gasteiger charge is 2.04. The Morgan fingerprint density at radius 3 is 2.76 bits per heavy atom. The highest BCUT2D eigenvalue weighted by Crippen LogP contribution is 2.03. The summed E-state index contributed by atoms with van der Waals surface area (Å²) in [5, 5.41) is 3.49. The van der Waals surface area contributed by atoms with E-state index in [-0.39, 0.29) is 0 Å². The normalized spacial score (nSPS) is 13.2. The molecule has 1 aromatic heterocycles. The van der Waals surface area contributed by atoms with Crippen molar-refractivity contribution in [3.05, 3.63) is 24.2 Å². The van der Waals surface area contributed by atoms with Crippen LogP contribution < -0.4 is 5.32 Å². The van der Waals surface area contributed by atoms with Gasteiger partial charge >= 0.3 is 0 Å². The zero-order valence-corrected chi connectivity index (χ0v) is 11.2. The van der Waals surface area contributed by atoms with Crippen molar-refractivity contribution >= 4 is 0 Å². The SMILES string of the molecule is CC(Cc1ccco1)NCCCCOC(C)C. The molecule has 1 unspecified atom stereocenters. The largest absolute Gasteiger partial charge is 0.469 e. The third-order valence-corrected chi connectivity index (χ3v) is 2.60. The second kappa shape index (κ2) is 8.31. The van der Waals surface area contributed by atoms with E-state index in [0.717, 1.165) is 38.2 Å². The summed E-state index contributed by atoms with van der Waals surface area (Å²) in [7, 11) is 0. The van der Waals surface area contributed by atoms with E-state index in [9.17, 15) is 0 Å². The Morgan fingerprint density at radius 2 is 2.12 bits per heavy atom. The Kier molecular flexibility index (Phi) is 6.97. The van der Waals surface area contributed by atoms with Gasteiger partial charge in [0, 0.05) is 19.1 Å². The predicted molar refractivity (Wildman–Crippen MR) is 70.2 cm³/mol. The van der Waals surface area contributed by atoms with Gasteiger partial charge in [-0.1, -0.05) is 0 Å². The van der Waals surface area contributed by atoms with Crippen molar-refractivity contribution in [3.8, 4) is 0 Å². The lowest BCUT2D eigenvalue weighted by Gasteiger charge is -2.12. The number of furan rings is 1. The Balaban J connectivity index is 1.95. The van der Waals surface area contributed by atoms with E-state index in [1.807, 2.05) is 12.1 Å². The topological polar surface area (TPSA) is 34.4 Å². The smallest absolute Gasteiger partial charge is 0.105 e. The van der Waals surface area contributed by atoms with E-state index in [2.05, 4.69) is 26.1 Å². The van der Waals surface area contributed by atoms with E-state index in [4.69, 9.17) is 9.15 Å². The molecule has 0 aliphatic carbocycles. The molecule has 0 fully saturated rings. The molecule has 98 valence electrons. The average molecular weight is 239 g/mol. The summed E-state index contributed by atoms with van der Waals surface area (Å²) in [5.74, 6) is 1.05. The summed E-state index contributed by atoms with van der Waals surface area (Å²) in [4.78, 5) is 0. The third-order valence-electron chi connectivity index (χ3n) is 2.60. The van der Waals surface area contributed by atoms with Crippen LogP contribution in [0.4, 0.5) is 0 Å². The number of nitrogens with one attached hydrogen (secondary N) is 1. The first-order valence-electron chi connectivity index (χ1n) is 6.56. The quantitative estimate of drug-likeness (QED) is 0.673. The van der Waals surface area contributed by atoms with Crippen LogP contribution in [0.5, 0.6) is 0 Å². The lowest BCUT2D eigenvalue weighted by atomic mass is 10.2. The first-order chi connectivity index (χ1) is 8.18. The number of rotatable bonds is 9. The van der Waals surface area contributed by atoms with Crippen molar-refractivity contribution in [2.45, 2.75) is 52.2 Å². The van der Waals surface area contributed by atoms with Gasteiger partial charge in [-0.2, -0.15) is 0 Å². The summed E-state index contributed by atoms with van der Waals surface area (Å²) in [6.45, 7) is 8.25. The standard InChI is InChI=1S/C14H25NO2/c1-12(2)16-9-5-4-8-15-13(3)11-14-7-6-10-17-14/h6-7,10,12-13,15H,4-5,8-9,11H2,1-3H3. The molecule has 1 N–H and O–H groups in total. The van der Waals surface area contributed by atoms with E-state index in [0.29, 0.717) is 12.1 Å². The molecule has 1 heterocycles. The second-order valence-corrected chi connectivity index (χ2v) is 4.77. The fraction of sp³-hybridized carbons (Fsp3) is 0.714. The summed E-state index contributed by atoms with van der Waals surface area (Å²) in [5.41, 5.74) is 0. The molecule has 0 spiro atoms. The Bertz CT molecular complexity index is 270. The molecule has 0 aromatic carbocycles. The van der Waals surface area contributed by atoms with Gasteiger partial charge in [0.25, 0.3) is 0 Å². The summed E-state index contributed by atoms with van der Waals surface area (Å²) < 4.78 is 10.8. The van der Waals surface area contributed by atoms with Gasteiger partial charge in [0.2, 0.25) is 0 Å². The van der Waals surface area contributed by atoms with Crippen LogP contribution in [-0.4, -0.2) is 25.3 Å². The highest BCUT2D eigenvalue weighted by molar-refractivity contribution is 4.99. The van der Waals surface area contributed by atoms with Crippen LogP contribution in [0.15, 0.2) is 22.8 Å². The van der Waals surface area contributed by atoms with Gasteiger partial charge in [0.15, 0.2) is 0 Å². The van der Waals surface area contributed by atoms with Crippen LogP contribution >= 0.6 is 0 Å². The predicted octanol–water partition coefficient (Wildman–Crippen LogP) is 3.01. The lowest BCUT2D eigenvalue weighted by molar-refractivity contribution is 0.0759. The minimum Gasteiger partial charge on any atom is -0.469 e. The van der Waals surface area contributed by atoms with Crippen molar-refractivity contribution < 1.29 is 9.15 Å². The minimum absolute atomic E-state index is 0.348. The van der Waals surface area contributed by atoms with Crippen molar-refractivity contribution in [1.29, 1.82) is 0 Å². The zero-order chi connectivity index (χ0) is 12.5. The van der Waals surface area contributed by atoms with Crippen LogP contribution in [0.1, 0.15) is 39.4 Å². The molecule has 3 nitrogen and oxygen atoms in total. The van der Waals surface area contributed by atoms with Gasteiger partial charge in [-0.15, -0.1) is 0 Å². The zero-order valence-electron chi connectivity index (χ0n) is 11.2. The van der Waals surface area contributed by atoms with E-state index in [1.54, 1.807) is 6.26 Å². The monoisotopic (exact) mass is 239 g/mol. The number of unbranched alkanes of at least 4 members (excludes halogenated alkanes) is 1. The number of ether oxygens (including phenoxy) is 1. The molecule has 17 heavy (non-hydrogen) atoms. The van der Waals surface area contributed by atoms with Crippen LogP contribution in [-0.2, 0) is 11.2 Å². The third kappa shape index (κ3) is 7.18. The molecule has 0 saturated carbocycles. The average Bonchev–Trinajstić information content (AvgIpc) is 2.75. The first kappa shape index (κ1) is 14.3. The maximum Gasteiger partial charge on any atom is 0.105 e. The molecule has 3 heteroatoms. The Hall–Kier alpha value is -0.800. The molecule has 1 aromatic rings. The maximum atomic E-state index is 5.49. The van der Waals surface area contributed by atoms with Gasteiger partial charge in [0.1, 0.15) is 5.76 Å². The summed E-state index contributed by atoms with van der Waals surface area (Å²) in [6.07, 6.45) is 5.31. The van der Waals surface area contributed by atoms with Crippen molar-refractivity contribution in [2.24, 2.45) is 0 Å². The number of hydrogen-bond donors (Lipinski definition) is 1. The Labute approximate surface area is 105 Å². The molecule has 0 aliphatic rings. The fourth-order valence-electron chi connectivity index (χ4n) is 1.70. The van der Waals surface area contributed by atoms with Gasteiger partial charge in [0.05, 0.1) is 12.4 Å². The molecule has 0 saturated heterocycles. The van der Waals surface area contributed by atoms with E-state index in [1.165, 1.54) is 0 Å². The maximum absolute atomic E-state index is 5.49. The number of hydrogen-bond acceptors (Lipinski definition) is 3. The molecule has 0 aliphatic heterocycles. The van der Waals surface area contributed by atoms with Crippen LogP contribution in [0.3, 0.4) is 0 Å². The van der Waals surface area contributed by atoms with E-state index >= 15 is 0 Å². The minimum atomic E-state index is 0.348. The molecular weight excluding hydrogens is 214 g/mol. The molecule has 1 rings (SSSR count). The van der Waals surface area contributed by atoms with Crippen LogP contribution in [0.25, 0.3) is 0 Å². The van der Waals surface area contributed by atoms with Gasteiger partial charge in [-0.3, -0.25) is 0 Å². The molecule has 0 bridgehead atoms. The van der Waals surface area contributed by atoms with Crippen molar-refractivity contribution in [2.75, 3.05) is 13.2 Å². The summed E-state index contributed by atoms with van der Waals surface area (Å²) >= 11 is 0. The molecule has 0 amide bonds. The summed E-state index contributed by atoms with van der Waals surface area (Å²) in [6, 6.07) is 4.42. The van der Waals surface area contributed by atoms with Crippen LogP contribution in [0, 0.1) is 0 Å². The fourth-order valence-corrected chi connectivity index (χ4v) is 1.70. The second-order valence-electron chi connectivity index (χ2n) is 4.77. The Morgan fingerprint density at radius 1 is 1.29 bits per heavy atom. The molecule has 1 atom stereocenters. The van der Waals surface area contributed by atoms with E-state index < -0.39 is 0 Å². The highest BCUT2D eigenvalue weighted by atomic mass is 16.5. The molecule has 0 radical (unpaired) electrons. The van der Waals surface area contributed by atoms with Gasteiger partial charge in [-0.25, -0.2) is 0 Å². The lowest BCUT2D eigenvalue weighted by Crippen LogP contribution is -2.29. The molecular formula is C14H25NO2. The van der Waals surface area contributed by atoms with Crippen LogP contribution in [0.2, 0.25) is 0 Å². The van der Waals surface area contributed by atoms with Gasteiger partial charge < -0.3 is 14.5 Å². The van der Waals surface area contributed by atoms with Crippen molar-refractivity contribution in [3.63, 3.8) is 0 Å². The van der Waals surface area contributed by atoms with Gasteiger partial charge in [-0.05, 0) is 52.3 Å². The van der Waals surface area contributed by atoms with Crippen molar-refractivity contribution in [1.82, 2.24) is 5.32 Å². The first-order valence-corrected chi connectivity index (χ1v) is 6.56.